The fourth-order valence-electron chi connectivity index (χ4n) is 1.66. The Bertz CT molecular complexity index is 377. The molecule has 1 aromatic rings. The van der Waals surface area contributed by atoms with Gasteiger partial charge in [0, 0.05) is 6.54 Å². The third-order valence-electron chi connectivity index (χ3n) is 3.21. The van der Waals surface area contributed by atoms with Gasteiger partial charge in [-0.1, -0.05) is 18.5 Å². The molecule has 16 heavy (non-hydrogen) atoms. The van der Waals surface area contributed by atoms with E-state index >= 15 is 0 Å². The van der Waals surface area contributed by atoms with Crippen LogP contribution in [0.3, 0.4) is 0 Å². The van der Waals surface area contributed by atoms with Gasteiger partial charge in [0.25, 0.3) is 0 Å². The molecule has 1 aliphatic carbocycles. The first-order valence-electron chi connectivity index (χ1n) is 5.42. The summed E-state index contributed by atoms with van der Waals surface area (Å²) in [5.41, 5.74) is 2.85. The number of rotatable bonds is 5. The molecule has 0 aliphatic heterocycles. The number of hydrazine groups is 1. The van der Waals surface area contributed by atoms with Gasteiger partial charge in [0.1, 0.15) is 5.02 Å². The predicted molar refractivity (Wildman–Crippen MR) is 65.3 cm³/mol. The molecule has 4 N–H and O–H groups in total. The zero-order valence-corrected chi connectivity index (χ0v) is 10.0. The van der Waals surface area contributed by atoms with Gasteiger partial charge in [-0.2, -0.15) is 4.98 Å². The van der Waals surface area contributed by atoms with Crippen molar-refractivity contribution in [2.75, 3.05) is 17.3 Å². The molecule has 1 saturated carbocycles. The summed E-state index contributed by atoms with van der Waals surface area (Å²) in [6, 6.07) is 0. The van der Waals surface area contributed by atoms with Crippen molar-refractivity contribution in [3.05, 3.63) is 11.2 Å². The van der Waals surface area contributed by atoms with Gasteiger partial charge in [-0.25, -0.2) is 10.8 Å². The minimum atomic E-state index is 0.369. The molecule has 0 amide bonds. The van der Waals surface area contributed by atoms with Crippen LogP contribution in [-0.2, 0) is 0 Å². The third kappa shape index (κ3) is 2.36. The summed E-state index contributed by atoms with van der Waals surface area (Å²) >= 11 is 5.99. The number of hydrogen-bond acceptors (Lipinski definition) is 5. The zero-order valence-electron chi connectivity index (χ0n) is 9.26. The highest BCUT2D eigenvalue weighted by Gasteiger charge is 2.40. The summed E-state index contributed by atoms with van der Waals surface area (Å²) in [4.78, 5) is 8.08. The van der Waals surface area contributed by atoms with Gasteiger partial charge in [-0.3, -0.25) is 5.43 Å². The molecule has 88 valence electrons. The number of nitrogens with zero attached hydrogens (tertiary/aromatic N) is 2. The molecule has 5 nitrogen and oxygen atoms in total. The first-order valence-corrected chi connectivity index (χ1v) is 5.80. The second-order valence-corrected chi connectivity index (χ2v) is 4.65. The van der Waals surface area contributed by atoms with Gasteiger partial charge in [-0.05, 0) is 24.7 Å². The SMILES string of the molecule is CCC1(CNc2nc(NN)ncc2Cl)CC1. The zero-order chi connectivity index (χ0) is 11.6. The van der Waals surface area contributed by atoms with Crippen LogP contribution in [0.1, 0.15) is 26.2 Å². The summed E-state index contributed by atoms with van der Waals surface area (Å²) in [5, 5.41) is 3.78. The molecule has 0 radical (unpaired) electrons. The monoisotopic (exact) mass is 241 g/mol. The molecule has 0 bridgehead atoms. The van der Waals surface area contributed by atoms with Crippen LogP contribution < -0.4 is 16.6 Å². The lowest BCUT2D eigenvalue weighted by Crippen LogP contribution is -2.17. The molecule has 6 heteroatoms. The van der Waals surface area contributed by atoms with E-state index in [4.69, 9.17) is 17.4 Å². The van der Waals surface area contributed by atoms with Crippen LogP contribution in [0.25, 0.3) is 0 Å². The fraction of sp³-hybridized carbons (Fsp3) is 0.600. The lowest BCUT2D eigenvalue weighted by atomic mass is 10.0. The minimum Gasteiger partial charge on any atom is -0.368 e. The number of halogens is 1. The first-order chi connectivity index (χ1) is 7.69. The normalized spacial score (nSPS) is 16.9. The first kappa shape index (κ1) is 11.4. The van der Waals surface area contributed by atoms with Crippen molar-refractivity contribution in [2.45, 2.75) is 26.2 Å². The highest BCUT2D eigenvalue weighted by molar-refractivity contribution is 6.32. The second-order valence-electron chi connectivity index (χ2n) is 4.24. The maximum atomic E-state index is 5.99. The standard InChI is InChI=1S/C10H16ClN5/c1-2-10(3-4-10)6-14-8-7(11)5-13-9(15-8)16-12/h5H,2-4,6,12H2,1H3,(H2,13,14,15,16). The van der Waals surface area contributed by atoms with Crippen LogP contribution in [0, 0.1) is 5.41 Å². The Morgan fingerprint density at radius 1 is 1.56 bits per heavy atom. The second kappa shape index (κ2) is 4.43. The van der Waals surface area contributed by atoms with E-state index in [9.17, 15) is 0 Å². The summed E-state index contributed by atoms with van der Waals surface area (Å²) in [6.07, 6.45) is 5.28. The van der Waals surface area contributed by atoms with Gasteiger partial charge in [0.2, 0.25) is 5.95 Å². The van der Waals surface area contributed by atoms with Crippen molar-refractivity contribution in [1.29, 1.82) is 0 Å². The number of nitrogen functional groups attached to an aromatic ring is 1. The van der Waals surface area contributed by atoms with Crippen molar-refractivity contribution < 1.29 is 0 Å². The van der Waals surface area contributed by atoms with E-state index in [1.807, 2.05) is 0 Å². The Labute approximate surface area is 99.8 Å². The van der Waals surface area contributed by atoms with Gasteiger partial charge >= 0.3 is 0 Å². The Balaban J connectivity index is 2.03. The van der Waals surface area contributed by atoms with Crippen molar-refractivity contribution in [3.63, 3.8) is 0 Å². The lowest BCUT2D eigenvalue weighted by Gasteiger charge is -2.14. The molecule has 1 aromatic heterocycles. The van der Waals surface area contributed by atoms with Crippen LogP contribution in [0.15, 0.2) is 6.20 Å². The molecule has 0 saturated heterocycles. The largest absolute Gasteiger partial charge is 0.368 e. The van der Waals surface area contributed by atoms with Crippen LogP contribution in [0.2, 0.25) is 5.02 Å². The van der Waals surface area contributed by atoms with E-state index in [0.717, 1.165) is 6.54 Å². The average molecular weight is 242 g/mol. The average Bonchev–Trinajstić information content (AvgIpc) is 3.09. The Morgan fingerprint density at radius 2 is 2.31 bits per heavy atom. The van der Waals surface area contributed by atoms with Crippen molar-refractivity contribution in [3.8, 4) is 0 Å². The summed E-state index contributed by atoms with van der Waals surface area (Å²) in [7, 11) is 0. The van der Waals surface area contributed by atoms with Gasteiger partial charge in [-0.15, -0.1) is 0 Å². The number of nitrogens with one attached hydrogen (secondary N) is 2. The predicted octanol–water partition coefficient (Wildman–Crippen LogP) is 2.02. The molecule has 2 rings (SSSR count). The maximum Gasteiger partial charge on any atom is 0.239 e. The topological polar surface area (TPSA) is 75.9 Å². The number of anilines is 2. The molecule has 1 heterocycles. The molecule has 0 atom stereocenters. The van der Waals surface area contributed by atoms with Crippen molar-refractivity contribution in [1.82, 2.24) is 9.97 Å². The van der Waals surface area contributed by atoms with Gasteiger partial charge < -0.3 is 5.32 Å². The summed E-state index contributed by atoms with van der Waals surface area (Å²) in [6.45, 7) is 3.12. The van der Waals surface area contributed by atoms with Crippen LogP contribution in [0.4, 0.5) is 11.8 Å². The van der Waals surface area contributed by atoms with E-state index < -0.39 is 0 Å². The fourth-order valence-corrected chi connectivity index (χ4v) is 1.82. The molecule has 0 aromatic carbocycles. The Kier molecular flexibility index (Phi) is 3.16. The van der Waals surface area contributed by atoms with Crippen molar-refractivity contribution >= 4 is 23.4 Å². The maximum absolute atomic E-state index is 5.99. The van der Waals surface area contributed by atoms with Gasteiger partial charge in [0.05, 0.1) is 6.20 Å². The third-order valence-corrected chi connectivity index (χ3v) is 3.49. The molecular formula is C10H16ClN5. The van der Waals surface area contributed by atoms with E-state index in [1.54, 1.807) is 0 Å². The Hall–Kier alpha value is -1.07. The van der Waals surface area contributed by atoms with E-state index in [0.29, 0.717) is 22.2 Å². The number of nitrogens with two attached hydrogens (primary N) is 1. The van der Waals surface area contributed by atoms with E-state index in [2.05, 4.69) is 27.6 Å². The van der Waals surface area contributed by atoms with Crippen LogP contribution >= 0.6 is 11.6 Å². The molecule has 1 fully saturated rings. The smallest absolute Gasteiger partial charge is 0.239 e. The van der Waals surface area contributed by atoms with Crippen molar-refractivity contribution in [2.24, 2.45) is 11.3 Å². The summed E-state index contributed by atoms with van der Waals surface area (Å²) in [5.74, 6) is 6.26. The Morgan fingerprint density at radius 3 is 2.88 bits per heavy atom. The minimum absolute atomic E-state index is 0.369. The van der Waals surface area contributed by atoms with Gasteiger partial charge in [0.15, 0.2) is 5.82 Å². The quantitative estimate of drug-likeness (QED) is 0.543. The molecular weight excluding hydrogens is 226 g/mol. The molecule has 0 unspecified atom stereocenters. The lowest BCUT2D eigenvalue weighted by molar-refractivity contribution is 0.520. The number of hydrogen-bond donors (Lipinski definition) is 3. The molecule has 0 spiro atoms. The highest BCUT2D eigenvalue weighted by atomic mass is 35.5. The summed E-state index contributed by atoms with van der Waals surface area (Å²) < 4.78 is 0. The van der Waals surface area contributed by atoms with E-state index in [1.165, 1.54) is 25.5 Å². The number of aromatic nitrogens is 2. The molecule has 1 aliphatic rings. The van der Waals surface area contributed by atoms with Crippen LogP contribution in [0.5, 0.6) is 0 Å². The van der Waals surface area contributed by atoms with Crippen LogP contribution in [-0.4, -0.2) is 16.5 Å². The van der Waals surface area contributed by atoms with E-state index in [-0.39, 0.29) is 0 Å². The highest BCUT2D eigenvalue weighted by Crippen LogP contribution is 2.48.